The Hall–Kier alpha value is -1.71. The maximum atomic E-state index is 8.97. The third-order valence-electron chi connectivity index (χ3n) is 3.46. The van der Waals surface area contributed by atoms with Crippen molar-refractivity contribution in [2.75, 3.05) is 11.4 Å². The summed E-state index contributed by atoms with van der Waals surface area (Å²) < 4.78 is 0. The maximum Gasteiger partial charge on any atom is 0.172 e. The summed E-state index contributed by atoms with van der Waals surface area (Å²) in [6.07, 6.45) is 2.47. The Morgan fingerprint density at radius 3 is 2.68 bits per heavy atom. The van der Waals surface area contributed by atoms with Crippen LogP contribution < -0.4 is 10.6 Å². The Labute approximate surface area is 114 Å². The van der Waals surface area contributed by atoms with Gasteiger partial charge >= 0.3 is 0 Å². The molecule has 1 aromatic rings. The van der Waals surface area contributed by atoms with Gasteiger partial charge in [-0.25, -0.2) is 0 Å². The van der Waals surface area contributed by atoms with Crippen LogP contribution in [0, 0.1) is 12.8 Å². The fraction of sp³-hybridized carbons (Fsp3) is 0.533. The molecule has 0 aromatic heterocycles. The Morgan fingerprint density at radius 2 is 2.16 bits per heavy atom. The number of hydrogen-bond acceptors (Lipinski definition) is 3. The molecule has 0 bridgehead atoms. The van der Waals surface area contributed by atoms with Gasteiger partial charge < -0.3 is 15.8 Å². The minimum atomic E-state index is 0.188. The minimum Gasteiger partial charge on any atom is -0.409 e. The van der Waals surface area contributed by atoms with Gasteiger partial charge in [-0.2, -0.15) is 0 Å². The molecule has 19 heavy (non-hydrogen) atoms. The molecule has 1 saturated carbocycles. The zero-order valence-corrected chi connectivity index (χ0v) is 11.9. The summed E-state index contributed by atoms with van der Waals surface area (Å²) in [5, 5.41) is 12.1. The van der Waals surface area contributed by atoms with E-state index >= 15 is 0 Å². The van der Waals surface area contributed by atoms with Crippen molar-refractivity contribution in [2.24, 2.45) is 16.8 Å². The van der Waals surface area contributed by atoms with Crippen molar-refractivity contribution in [3.8, 4) is 0 Å². The Kier molecular flexibility index (Phi) is 3.98. The van der Waals surface area contributed by atoms with E-state index in [4.69, 9.17) is 10.9 Å². The molecular weight excluding hydrogens is 238 g/mol. The van der Waals surface area contributed by atoms with Crippen LogP contribution in [0.3, 0.4) is 0 Å². The summed E-state index contributed by atoms with van der Waals surface area (Å²) in [5.74, 6) is 0.772. The standard InChI is InChI=1S/C15H23N3O/c1-10(2)9-18(12-7-8-12)14-11(3)5-4-6-13(14)15(16)17-19/h4-6,10,12,19H,7-9H2,1-3H3,(H2,16,17). The van der Waals surface area contributed by atoms with Gasteiger partial charge in [-0.3, -0.25) is 0 Å². The van der Waals surface area contributed by atoms with Crippen LogP contribution in [0.5, 0.6) is 0 Å². The lowest BCUT2D eigenvalue weighted by atomic mass is 10.0. The zero-order valence-electron chi connectivity index (χ0n) is 11.9. The molecule has 0 heterocycles. The van der Waals surface area contributed by atoms with E-state index in [2.05, 4.69) is 36.9 Å². The molecule has 0 aliphatic heterocycles. The predicted octanol–water partition coefficient (Wildman–Crippen LogP) is 2.71. The average Bonchev–Trinajstić information content (AvgIpc) is 3.19. The zero-order chi connectivity index (χ0) is 14.0. The molecule has 0 unspecified atom stereocenters. The van der Waals surface area contributed by atoms with Gasteiger partial charge in [-0.1, -0.05) is 31.1 Å². The van der Waals surface area contributed by atoms with E-state index in [1.165, 1.54) is 18.4 Å². The van der Waals surface area contributed by atoms with Crippen LogP contribution in [0.2, 0.25) is 0 Å². The van der Waals surface area contributed by atoms with Crippen molar-refractivity contribution < 1.29 is 5.21 Å². The van der Waals surface area contributed by atoms with E-state index in [-0.39, 0.29) is 5.84 Å². The highest BCUT2D eigenvalue weighted by Crippen LogP contribution is 2.36. The van der Waals surface area contributed by atoms with Gasteiger partial charge in [0.25, 0.3) is 0 Å². The molecule has 0 spiro atoms. The van der Waals surface area contributed by atoms with Gasteiger partial charge in [-0.05, 0) is 37.3 Å². The normalized spacial score (nSPS) is 15.9. The van der Waals surface area contributed by atoms with E-state index in [0.717, 1.165) is 17.8 Å². The van der Waals surface area contributed by atoms with Crippen LogP contribution in [0.4, 0.5) is 5.69 Å². The van der Waals surface area contributed by atoms with Gasteiger partial charge in [-0.15, -0.1) is 0 Å². The number of hydrogen-bond donors (Lipinski definition) is 2. The van der Waals surface area contributed by atoms with E-state index in [0.29, 0.717) is 12.0 Å². The first-order chi connectivity index (χ1) is 9.04. The largest absolute Gasteiger partial charge is 0.409 e. The predicted molar refractivity (Wildman–Crippen MR) is 78.9 cm³/mol. The van der Waals surface area contributed by atoms with Gasteiger partial charge in [0, 0.05) is 18.2 Å². The molecule has 4 nitrogen and oxygen atoms in total. The fourth-order valence-electron chi connectivity index (χ4n) is 2.50. The second kappa shape index (κ2) is 5.51. The first-order valence-corrected chi connectivity index (χ1v) is 6.88. The molecule has 0 saturated heterocycles. The topological polar surface area (TPSA) is 61.9 Å². The van der Waals surface area contributed by atoms with Gasteiger partial charge in [0.2, 0.25) is 0 Å². The fourth-order valence-corrected chi connectivity index (χ4v) is 2.50. The van der Waals surface area contributed by atoms with Crippen LogP contribution in [0.15, 0.2) is 23.4 Å². The molecule has 1 aliphatic carbocycles. The number of oxime groups is 1. The van der Waals surface area contributed by atoms with Crippen molar-refractivity contribution in [3.05, 3.63) is 29.3 Å². The molecule has 4 heteroatoms. The first-order valence-electron chi connectivity index (χ1n) is 6.88. The van der Waals surface area contributed by atoms with Crippen molar-refractivity contribution in [2.45, 2.75) is 39.7 Å². The SMILES string of the molecule is Cc1cccc(/C(N)=N/O)c1N(CC(C)C)C1CC1. The lowest BCUT2D eigenvalue weighted by Crippen LogP contribution is -2.32. The van der Waals surface area contributed by atoms with E-state index < -0.39 is 0 Å². The van der Waals surface area contributed by atoms with Crippen LogP contribution in [0.1, 0.15) is 37.8 Å². The summed E-state index contributed by atoms with van der Waals surface area (Å²) in [5.41, 5.74) is 8.95. The first kappa shape index (κ1) is 13.7. The Morgan fingerprint density at radius 1 is 1.47 bits per heavy atom. The van der Waals surface area contributed by atoms with E-state index in [1.807, 2.05) is 12.1 Å². The smallest absolute Gasteiger partial charge is 0.172 e. The molecular formula is C15H23N3O. The Bertz CT molecular complexity index is 478. The van der Waals surface area contributed by atoms with Gasteiger partial charge in [0.1, 0.15) is 0 Å². The lowest BCUT2D eigenvalue weighted by molar-refractivity contribution is 0.318. The molecule has 0 amide bonds. The number of nitrogens with zero attached hydrogens (tertiary/aromatic N) is 2. The second-order valence-electron chi connectivity index (χ2n) is 5.73. The molecule has 0 radical (unpaired) electrons. The third kappa shape index (κ3) is 3.00. The minimum absolute atomic E-state index is 0.188. The highest BCUT2D eigenvalue weighted by Gasteiger charge is 2.32. The van der Waals surface area contributed by atoms with E-state index in [1.54, 1.807) is 0 Å². The molecule has 1 fully saturated rings. The van der Waals surface area contributed by atoms with Crippen molar-refractivity contribution in [3.63, 3.8) is 0 Å². The maximum absolute atomic E-state index is 8.97. The van der Waals surface area contributed by atoms with Gasteiger partial charge in [0.05, 0.1) is 5.69 Å². The number of rotatable bonds is 5. The lowest BCUT2D eigenvalue weighted by Gasteiger charge is -2.30. The summed E-state index contributed by atoms with van der Waals surface area (Å²) in [7, 11) is 0. The molecule has 1 aromatic carbocycles. The molecule has 0 atom stereocenters. The van der Waals surface area contributed by atoms with Gasteiger partial charge in [0.15, 0.2) is 5.84 Å². The third-order valence-corrected chi connectivity index (χ3v) is 3.46. The highest BCUT2D eigenvalue weighted by atomic mass is 16.4. The molecule has 2 rings (SSSR count). The van der Waals surface area contributed by atoms with Crippen LogP contribution in [-0.4, -0.2) is 23.6 Å². The molecule has 3 N–H and O–H groups in total. The number of amidine groups is 1. The summed E-state index contributed by atoms with van der Waals surface area (Å²) in [6.45, 7) is 7.52. The average molecular weight is 261 g/mol. The Balaban J connectivity index is 2.45. The number of para-hydroxylation sites is 1. The van der Waals surface area contributed by atoms with Crippen molar-refractivity contribution in [1.82, 2.24) is 0 Å². The van der Waals surface area contributed by atoms with E-state index in [9.17, 15) is 0 Å². The van der Waals surface area contributed by atoms with Crippen LogP contribution in [-0.2, 0) is 0 Å². The summed E-state index contributed by atoms with van der Waals surface area (Å²) in [6, 6.07) is 6.56. The number of anilines is 1. The molecule has 1 aliphatic rings. The van der Waals surface area contributed by atoms with Crippen LogP contribution in [0.25, 0.3) is 0 Å². The van der Waals surface area contributed by atoms with Crippen molar-refractivity contribution >= 4 is 11.5 Å². The monoisotopic (exact) mass is 261 g/mol. The molecule has 104 valence electrons. The van der Waals surface area contributed by atoms with Crippen molar-refractivity contribution in [1.29, 1.82) is 0 Å². The number of aryl methyl sites for hydroxylation is 1. The summed E-state index contributed by atoms with van der Waals surface area (Å²) >= 11 is 0. The quantitative estimate of drug-likeness (QED) is 0.371. The number of benzene rings is 1. The van der Waals surface area contributed by atoms with Crippen LogP contribution >= 0.6 is 0 Å². The highest BCUT2D eigenvalue weighted by molar-refractivity contribution is 6.03. The summed E-state index contributed by atoms with van der Waals surface area (Å²) in [4.78, 5) is 2.42. The number of nitrogens with two attached hydrogens (primary N) is 1. The second-order valence-corrected chi connectivity index (χ2v) is 5.73.